The van der Waals surface area contributed by atoms with Crippen molar-refractivity contribution in [2.24, 2.45) is 0 Å². The molecule has 1 aliphatic rings. The first kappa shape index (κ1) is 9.50. The molecular formula is C9H15NO2. The van der Waals surface area contributed by atoms with Crippen LogP contribution in [0.4, 0.5) is 0 Å². The first-order valence-corrected chi connectivity index (χ1v) is 4.49. The quantitative estimate of drug-likeness (QED) is 0.691. The van der Waals surface area contributed by atoms with Gasteiger partial charge in [0.1, 0.15) is 0 Å². The van der Waals surface area contributed by atoms with E-state index in [4.69, 9.17) is 15.1 Å². The topological polar surface area (TPSA) is 53.2 Å². The van der Waals surface area contributed by atoms with Crippen LogP contribution in [0.15, 0.2) is 0 Å². The van der Waals surface area contributed by atoms with Gasteiger partial charge in [0.05, 0.1) is 19.3 Å². The van der Waals surface area contributed by atoms with E-state index in [1.807, 2.05) is 0 Å². The SMILES string of the molecule is N#CC1(OCCO)CCCCC1. The predicted molar refractivity (Wildman–Crippen MR) is 44.5 cm³/mol. The summed E-state index contributed by atoms with van der Waals surface area (Å²) < 4.78 is 5.36. The van der Waals surface area contributed by atoms with Crippen LogP contribution in [0.25, 0.3) is 0 Å². The molecule has 0 aliphatic heterocycles. The highest BCUT2D eigenvalue weighted by atomic mass is 16.5. The molecule has 0 amide bonds. The standard InChI is InChI=1S/C9H15NO2/c10-8-9(12-7-6-11)4-2-1-3-5-9/h11H,1-7H2. The Hall–Kier alpha value is -0.590. The van der Waals surface area contributed by atoms with E-state index >= 15 is 0 Å². The second kappa shape index (κ2) is 4.44. The molecule has 0 aromatic heterocycles. The monoisotopic (exact) mass is 169 g/mol. The fourth-order valence-corrected chi connectivity index (χ4v) is 1.65. The Balaban J connectivity index is 2.44. The Bertz CT molecular complexity index is 168. The van der Waals surface area contributed by atoms with Gasteiger partial charge >= 0.3 is 0 Å². The fraction of sp³-hybridized carbons (Fsp3) is 0.889. The van der Waals surface area contributed by atoms with Gasteiger partial charge in [-0.3, -0.25) is 0 Å². The number of rotatable bonds is 3. The second-order valence-electron chi connectivity index (χ2n) is 3.24. The molecule has 1 N–H and O–H groups in total. The van der Waals surface area contributed by atoms with E-state index < -0.39 is 5.60 Å². The third-order valence-electron chi connectivity index (χ3n) is 2.33. The van der Waals surface area contributed by atoms with Crippen molar-refractivity contribution in [1.29, 1.82) is 5.26 Å². The largest absolute Gasteiger partial charge is 0.394 e. The van der Waals surface area contributed by atoms with Crippen molar-refractivity contribution in [3.8, 4) is 6.07 Å². The first-order valence-electron chi connectivity index (χ1n) is 4.49. The summed E-state index contributed by atoms with van der Waals surface area (Å²) in [7, 11) is 0. The van der Waals surface area contributed by atoms with Gasteiger partial charge in [-0.05, 0) is 25.7 Å². The van der Waals surface area contributed by atoms with E-state index in [1.54, 1.807) is 0 Å². The molecule has 0 bridgehead atoms. The van der Waals surface area contributed by atoms with Crippen LogP contribution in [0, 0.1) is 11.3 Å². The van der Waals surface area contributed by atoms with E-state index in [0.29, 0.717) is 0 Å². The summed E-state index contributed by atoms with van der Waals surface area (Å²) in [6.07, 6.45) is 4.98. The Morgan fingerprint density at radius 2 is 2.00 bits per heavy atom. The summed E-state index contributed by atoms with van der Waals surface area (Å²) in [5, 5.41) is 17.5. The highest BCUT2D eigenvalue weighted by molar-refractivity contribution is 5.03. The van der Waals surface area contributed by atoms with Crippen LogP contribution in [0.5, 0.6) is 0 Å². The third kappa shape index (κ3) is 2.20. The maximum atomic E-state index is 8.91. The molecule has 12 heavy (non-hydrogen) atoms. The van der Waals surface area contributed by atoms with Crippen molar-refractivity contribution in [3.63, 3.8) is 0 Å². The highest BCUT2D eigenvalue weighted by Crippen LogP contribution is 2.30. The Morgan fingerprint density at radius 3 is 2.50 bits per heavy atom. The second-order valence-corrected chi connectivity index (χ2v) is 3.24. The third-order valence-corrected chi connectivity index (χ3v) is 2.33. The number of aliphatic hydroxyl groups excluding tert-OH is 1. The lowest BCUT2D eigenvalue weighted by Crippen LogP contribution is -2.34. The number of aliphatic hydroxyl groups is 1. The fourth-order valence-electron chi connectivity index (χ4n) is 1.65. The summed E-state index contributed by atoms with van der Waals surface area (Å²) in [6.45, 7) is 0.289. The minimum atomic E-state index is -0.582. The zero-order valence-corrected chi connectivity index (χ0v) is 7.25. The van der Waals surface area contributed by atoms with E-state index in [9.17, 15) is 0 Å². The molecule has 0 atom stereocenters. The van der Waals surface area contributed by atoms with Crippen molar-refractivity contribution < 1.29 is 9.84 Å². The maximum Gasteiger partial charge on any atom is 0.154 e. The first-order chi connectivity index (χ1) is 5.83. The van der Waals surface area contributed by atoms with Crippen molar-refractivity contribution in [1.82, 2.24) is 0 Å². The van der Waals surface area contributed by atoms with Gasteiger partial charge in [0.2, 0.25) is 0 Å². The van der Waals surface area contributed by atoms with E-state index in [2.05, 4.69) is 6.07 Å². The maximum absolute atomic E-state index is 8.91. The Labute approximate surface area is 73.0 Å². The molecule has 0 unspecified atom stereocenters. The highest BCUT2D eigenvalue weighted by Gasteiger charge is 2.32. The lowest BCUT2D eigenvalue weighted by atomic mass is 9.86. The lowest BCUT2D eigenvalue weighted by Gasteiger charge is -2.30. The van der Waals surface area contributed by atoms with Crippen molar-refractivity contribution in [2.75, 3.05) is 13.2 Å². The van der Waals surface area contributed by atoms with Crippen LogP contribution in [0.2, 0.25) is 0 Å². The number of hydrogen-bond acceptors (Lipinski definition) is 3. The summed E-state index contributed by atoms with van der Waals surface area (Å²) in [4.78, 5) is 0. The molecule has 0 radical (unpaired) electrons. The van der Waals surface area contributed by atoms with Crippen LogP contribution in [0.1, 0.15) is 32.1 Å². The average Bonchev–Trinajstić information content (AvgIpc) is 2.16. The molecule has 1 rings (SSSR count). The number of nitriles is 1. The smallest absolute Gasteiger partial charge is 0.154 e. The van der Waals surface area contributed by atoms with Crippen molar-refractivity contribution >= 4 is 0 Å². The summed E-state index contributed by atoms with van der Waals surface area (Å²) in [5.74, 6) is 0. The number of ether oxygens (including phenoxy) is 1. The molecule has 0 saturated heterocycles. The molecule has 0 aromatic carbocycles. The molecule has 3 heteroatoms. The van der Waals surface area contributed by atoms with Crippen LogP contribution in [-0.4, -0.2) is 23.9 Å². The molecule has 3 nitrogen and oxygen atoms in total. The zero-order valence-electron chi connectivity index (χ0n) is 7.25. The molecule has 0 heterocycles. The molecule has 0 aromatic rings. The van der Waals surface area contributed by atoms with Crippen molar-refractivity contribution in [2.45, 2.75) is 37.7 Å². The predicted octanol–water partition coefficient (Wildman–Crippen LogP) is 1.22. The van der Waals surface area contributed by atoms with Crippen LogP contribution < -0.4 is 0 Å². The molecular weight excluding hydrogens is 154 g/mol. The number of hydrogen-bond donors (Lipinski definition) is 1. The average molecular weight is 169 g/mol. The van der Waals surface area contributed by atoms with E-state index in [1.165, 1.54) is 6.42 Å². The number of nitrogens with zero attached hydrogens (tertiary/aromatic N) is 1. The zero-order chi connectivity index (χ0) is 8.86. The summed E-state index contributed by atoms with van der Waals surface area (Å²) in [6, 6.07) is 2.22. The summed E-state index contributed by atoms with van der Waals surface area (Å²) in [5.41, 5.74) is -0.582. The Kier molecular flexibility index (Phi) is 3.51. The van der Waals surface area contributed by atoms with E-state index in [-0.39, 0.29) is 13.2 Å². The molecule has 0 spiro atoms. The van der Waals surface area contributed by atoms with Gasteiger partial charge < -0.3 is 9.84 Å². The van der Waals surface area contributed by atoms with Crippen LogP contribution in [0.3, 0.4) is 0 Å². The van der Waals surface area contributed by atoms with Gasteiger partial charge in [0.15, 0.2) is 5.60 Å². The van der Waals surface area contributed by atoms with Gasteiger partial charge in [-0.25, -0.2) is 0 Å². The normalized spacial score (nSPS) is 21.7. The lowest BCUT2D eigenvalue weighted by molar-refractivity contribution is -0.0410. The minimum Gasteiger partial charge on any atom is -0.394 e. The molecule has 1 fully saturated rings. The van der Waals surface area contributed by atoms with E-state index in [0.717, 1.165) is 25.7 Å². The minimum absolute atomic E-state index is 0.00340. The van der Waals surface area contributed by atoms with Gasteiger partial charge in [-0.2, -0.15) is 5.26 Å². The molecule has 1 saturated carbocycles. The molecule has 1 aliphatic carbocycles. The van der Waals surface area contributed by atoms with Gasteiger partial charge in [-0.15, -0.1) is 0 Å². The molecule has 68 valence electrons. The van der Waals surface area contributed by atoms with Crippen LogP contribution in [-0.2, 0) is 4.74 Å². The van der Waals surface area contributed by atoms with Gasteiger partial charge in [0, 0.05) is 0 Å². The Morgan fingerprint density at radius 1 is 1.33 bits per heavy atom. The van der Waals surface area contributed by atoms with Gasteiger partial charge in [-0.1, -0.05) is 6.42 Å². The van der Waals surface area contributed by atoms with Gasteiger partial charge in [0.25, 0.3) is 0 Å². The summed E-state index contributed by atoms with van der Waals surface area (Å²) >= 11 is 0. The van der Waals surface area contributed by atoms with Crippen molar-refractivity contribution in [3.05, 3.63) is 0 Å². The van der Waals surface area contributed by atoms with Crippen LogP contribution >= 0.6 is 0 Å².